The number of halogens is 4. The highest BCUT2D eigenvalue weighted by Crippen LogP contribution is 2.32. The Hall–Kier alpha value is -2.11. The molecule has 7 nitrogen and oxygen atoms in total. The minimum atomic E-state index is -4.58. The molecular weight excluding hydrogens is 387 g/mol. The molecule has 136 valence electrons. The monoisotopic (exact) mass is 397 g/mol. The normalized spacial score (nSPS) is 12.4. The van der Waals surface area contributed by atoms with E-state index in [1.54, 1.807) is 0 Å². The Kier molecular flexibility index (Phi) is 5.11. The lowest BCUT2D eigenvalue weighted by atomic mass is 10.1. The van der Waals surface area contributed by atoms with Gasteiger partial charge in [-0.15, -0.1) is 0 Å². The summed E-state index contributed by atoms with van der Waals surface area (Å²) in [5.41, 5.74) is -1.42. The minimum Gasteiger partial charge on any atom is -0.476 e. The third kappa shape index (κ3) is 4.11. The highest BCUT2D eigenvalue weighted by molar-refractivity contribution is 7.89. The Morgan fingerprint density at radius 1 is 1.40 bits per heavy atom. The molecular formula is C13H11ClF3N3O4S. The first-order valence-electron chi connectivity index (χ1n) is 6.54. The smallest absolute Gasteiger partial charge is 0.416 e. The largest absolute Gasteiger partial charge is 0.476 e. The van der Waals surface area contributed by atoms with Gasteiger partial charge in [0.05, 0.1) is 11.8 Å². The molecule has 0 unspecified atom stereocenters. The number of nitrogens with one attached hydrogen (secondary N) is 1. The van der Waals surface area contributed by atoms with Crippen molar-refractivity contribution >= 4 is 27.6 Å². The van der Waals surface area contributed by atoms with Gasteiger partial charge < -0.3 is 5.11 Å². The summed E-state index contributed by atoms with van der Waals surface area (Å²) in [6, 6.07) is 2.48. The van der Waals surface area contributed by atoms with E-state index in [9.17, 15) is 26.4 Å². The predicted molar refractivity (Wildman–Crippen MR) is 80.6 cm³/mol. The van der Waals surface area contributed by atoms with Crippen molar-refractivity contribution in [1.82, 2.24) is 14.5 Å². The van der Waals surface area contributed by atoms with Gasteiger partial charge in [0.1, 0.15) is 4.90 Å². The second-order valence-electron chi connectivity index (χ2n) is 4.91. The van der Waals surface area contributed by atoms with Crippen LogP contribution >= 0.6 is 11.6 Å². The van der Waals surface area contributed by atoms with Crippen molar-refractivity contribution in [2.45, 2.75) is 17.6 Å². The van der Waals surface area contributed by atoms with Crippen LogP contribution in [0.3, 0.4) is 0 Å². The number of hydrogen-bond acceptors (Lipinski definition) is 4. The molecule has 12 heteroatoms. The van der Waals surface area contributed by atoms with Crippen LogP contribution in [0.1, 0.15) is 21.6 Å². The van der Waals surface area contributed by atoms with Crippen LogP contribution in [0, 0.1) is 0 Å². The van der Waals surface area contributed by atoms with E-state index in [1.165, 1.54) is 7.05 Å². The summed E-state index contributed by atoms with van der Waals surface area (Å²) in [5, 5.41) is 12.4. The summed E-state index contributed by atoms with van der Waals surface area (Å²) in [6.45, 7) is -0.423. The van der Waals surface area contributed by atoms with Crippen LogP contribution in [-0.2, 0) is 29.8 Å². The molecule has 1 heterocycles. The molecule has 0 aliphatic carbocycles. The van der Waals surface area contributed by atoms with Crippen LogP contribution < -0.4 is 4.72 Å². The van der Waals surface area contributed by atoms with Crippen molar-refractivity contribution in [3.63, 3.8) is 0 Å². The van der Waals surface area contributed by atoms with Crippen molar-refractivity contribution in [3.8, 4) is 0 Å². The Balaban J connectivity index is 2.25. The third-order valence-electron chi connectivity index (χ3n) is 3.23. The fourth-order valence-corrected chi connectivity index (χ4v) is 3.38. The van der Waals surface area contributed by atoms with E-state index in [-0.39, 0.29) is 10.6 Å². The maximum absolute atomic E-state index is 12.6. The first-order valence-corrected chi connectivity index (χ1v) is 8.40. The quantitative estimate of drug-likeness (QED) is 0.806. The van der Waals surface area contributed by atoms with Gasteiger partial charge in [-0.2, -0.15) is 18.3 Å². The number of hydrogen-bond donors (Lipinski definition) is 2. The molecule has 0 fully saturated rings. The highest BCUT2D eigenvalue weighted by atomic mass is 35.5. The second kappa shape index (κ2) is 6.65. The van der Waals surface area contributed by atoms with Crippen molar-refractivity contribution < 1.29 is 31.5 Å². The average Bonchev–Trinajstić information content (AvgIpc) is 2.87. The Labute approximate surface area is 145 Å². The fourth-order valence-electron chi connectivity index (χ4n) is 1.98. The van der Waals surface area contributed by atoms with Gasteiger partial charge in [0, 0.05) is 18.6 Å². The summed E-state index contributed by atoms with van der Waals surface area (Å²) < 4.78 is 65.2. The molecule has 0 saturated heterocycles. The van der Waals surface area contributed by atoms with Crippen molar-refractivity contribution in [1.29, 1.82) is 0 Å². The second-order valence-corrected chi connectivity index (χ2v) is 7.06. The number of aromatic carboxylic acids is 1. The number of sulfonamides is 1. The lowest BCUT2D eigenvalue weighted by Crippen LogP contribution is -2.25. The molecule has 0 spiro atoms. The first-order chi connectivity index (χ1) is 11.4. The van der Waals surface area contributed by atoms with Crippen molar-refractivity contribution in [2.24, 2.45) is 7.05 Å². The number of nitrogens with zero attached hydrogens (tertiary/aromatic N) is 2. The van der Waals surface area contributed by atoms with E-state index < -0.39 is 44.9 Å². The summed E-state index contributed by atoms with van der Waals surface area (Å²) in [6.07, 6.45) is -3.71. The van der Waals surface area contributed by atoms with Gasteiger partial charge in [-0.05, 0) is 17.7 Å². The number of aromatic nitrogens is 2. The molecule has 2 aromatic rings. The Bertz CT molecular complexity index is 925. The molecule has 0 saturated carbocycles. The van der Waals surface area contributed by atoms with Crippen LogP contribution in [0.5, 0.6) is 0 Å². The van der Waals surface area contributed by atoms with Gasteiger partial charge >= 0.3 is 12.1 Å². The summed E-state index contributed by atoms with van der Waals surface area (Å²) in [5.74, 6) is -1.49. The average molecular weight is 398 g/mol. The molecule has 1 aromatic heterocycles. The molecule has 0 radical (unpaired) electrons. The molecule has 2 rings (SSSR count). The first kappa shape index (κ1) is 19.2. The SMILES string of the molecule is Cn1ncc(S(=O)(=O)NCc2ccc(C(F)(F)F)cc2Cl)c1C(=O)O. The van der Waals surface area contributed by atoms with Gasteiger partial charge in [-0.25, -0.2) is 17.9 Å². The minimum absolute atomic E-state index is 0.0963. The molecule has 0 aliphatic rings. The van der Waals surface area contributed by atoms with E-state index in [0.717, 1.165) is 23.0 Å². The zero-order valence-electron chi connectivity index (χ0n) is 12.5. The van der Waals surface area contributed by atoms with E-state index in [1.807, 2.05) is 0 Å². The van der Waals surface area contributed by atoms with Crippen LogP contribution in [0.25, 0.3) is 0 Å². The van der Waals surface area contributed by atoms with Crippen LogP contribution in [0.4, 0.5) is 13.2 Å². The Morgan fingerprint density at radius 3 is 2.56 bits per heavy atom. The maximum atomic E-state index is 12.6. The van der Waals surface area contributed by atoms with E-state index in [2.05, 4.69) is 9.82 Å². The van der Waals surface area contributed by atoms with E-state index >= 15 is 0 Å². The molecule has 0 atom stereocenters. The lowest BCUT2D eigenvalue weighted by Gasteiger charge is -2.11. The van der Waals surface area contributed by atoms with Crippen LogP contribution in [0.15, 0.2) is 29.3 Å². The fraction of sp³-hybridized carbons (Fsp3) is 0.231. The van der Waals surface area contributed by atoms with E-state index in [0.29, 0.717) is 6.07 Å². The summed E-state index contributed by atoms with van der Waals surface area (Å²) >= 11 is 5.75. The number of carboxylic acid groups (broad SMARTS) is 1. The van der Waals surface area contributed by atoms with Crippen LogP contribution in [-0.4, -0.2) is 29.3 Å². The van der Waals surface area contributed by atoms with Crippen molar-refractivity contribution in [2.75, 3.05) is 0 Å². The lowest BCUT2D eigenvalue weighted by molar-refractivity contribution is -0.137. The molecule has 1 aromatic carbocycles. The van der Waals surface area contributed by atoms with E-state index in [4.69, 9.17) is 16.7 Å². The zero-order valence-corrected chi connectivity index (χ0v) is 14.1. The van der Waals surface area contributed by atoms with Gasteiger partial charge in [0.25, 0.3) is 0 Å². The maximum Gasteiger partial charge on any atom is 0.416 e. The molecule has 0 bridgehead atoms. The summed E-state index contributed by atoms with van der Waals surface area (Å²) in [4.78, 5) is 10.6. The number of rotatable bonds is 5. The predicted octanol–water partition coefficient (Wildman–Crippen LogP) is 2.27. The zero-order chi connectivity index (χ0) is 19.0. The number of alkyl halides is 3. The standard InChI is InChI=1S/C13H11ClF3N3O4S/c1-20-11(12(21)22)10(6-18-20)25(23,24)19-5-7-2-3-8(4-9(7)14)13(15,16)17/h2-4,6,19H,5H2,1H3,(H,21,22). The number of carbonyl (C=O) groups is 1. The topological polar surface area (TPSA) is 101 Å². The summed E-state index contributed by atoms with van der Waals surface area (Å²) in [7, 11) is -3.00. The van der Waals surface area contributed by atoms with Gasteiger partial charge in [-0.3, -0.25) is 4.68 Å². The number of carboxylic acids is 1. The van der Waals surface area contributed by atoms with Gasteiger partial charge in [0.15, 0.2) is 5.69 Å². The molecule has 25 heavy (non-hydrogen) atoms. The van der Waals surface area contributed by atoms with Gasteiger partial charge in [-0.1, -0.05) is 17.7 Å². The molecule has 0 aliphatic heterocycles. The third-order valence-corrected chi connectivity index (χ3v) is 4.98. The number of benzene rings is 1. The van der Waals surface area contributed by atoms with Gasteiger partial charge in [0.2, 0.25) is 10.0 Å². The highest BCUT2D eigenvalue weighted by Gasteiger charge is 2.31. The molecule has 0 amide bonds. The van der Waals surface area contributed by atoms with Crippen molar-refractivity contribution in [3.05, 3.63) is 46.2 Å². The van der Waals surface area contributed by atoms with Crippen LogP contribution in [0.2, 0.25) is 5.02 Å². The molecule has 2 N–H and O–H groups in total. The number of aryl methyl sites for hydroxylation is 1. The Morgan fingerprint density at radius 2 is 2.04 bits per heavy atom.